The molecule has 1 aliphatic heterocycles. The van der Waals surface area contributed by atoms with Gasteiger partial charge >= 0.3 is 0 Å². The predicted octanol–water partition coefficient (Wildman–Crippen LogP) is 2.50. The Hall–Kier alpha value is -3.21. The van der Waals surface area contributed by atoms with Gasteiger partial charge in [0.25, 0.3) is 0 Å². The molecule has 0 aliphatic carbocycles. The van der Waals surface area contributed by atoms with E-state index in [-0.39, 0.29) is 12.4 Å². The predicted molar refractivity (Wildman–Crippen MR) is 149 cm³/mol. The molecule has 0 atom stereocenters. The van der Waals surface area contributed by atoms with Crippen molar-refractivity contribution < 1.29 is 19.1 Å². The molecule has 37 heavy (non-hydrogen) atoms. The minimum atomic E-state index is 0. The summed E-state index contributed by atoms with van der Waals surface area (Å²) in [6.45, 7) is 7.78. The zero-order valence-electron chi connectivity index (χ0n) is 21.7. The standard InChI is InChI=1S/C26H38N6O4.ClH/c1-33-29-25(27)21-5-9-23(10-6-21)35-19-3-13-31-15-17-32(18-16-31)14-4-20-36-24-11-7-22(8-12-24)26(28)30-34-2;/h5-12H,3-4,13-20H2,1-2H3,(H2,27,29)(H2,28,30);1H. The molecule has 0 radical (unpaired) electrons. The summed E-state index contributed by atoms with van der Waals surface area (Å²) in [5, 5.41) is 7.46. The first-order chi connectivity index (χ1) is 17.6. The number of nitrogens with two attached hydrogens (primary N) is 2. The van der Waals surface area contributed by atoms with Gasteiger partial charge in [0.15, 0.2) is 11.7 Å². The number of halogens is 1. The highest BCUT2D eigenvalue weighted by Gasteiger charge is 2.16. The lowest BCUT2D eigenvalue weighted by molar-refractivity contribution is 0.120. The van der Waals surface area contributed by atoms with E-state index in [1.165, 1.54) is 14.2 Å². The minimum Gasteiger partial charge on any atom is -0.494 e. The Labute approximate surface area is 225 Å². The van der Waals surface area contributed by atoms with Gasteiger partial charge in [0.2, 0.25) is 0 Å². The molecule has 10 nitrogen and oxygen atoms in total. The van der Waals surface area contributed by atoms with E-state index in [0.717, 1.165) is 74.7 Å². The van der Waals surface area contributed by atoms with Crippen molar-refractivity contribution >= 4 is 24.1 Å². The maximum absolute atomic E-state index is 5.86. The molecule has 0 aromatic heterocycles. The van der Waals surface area contributed by atoms with E-state index in [2.05, 4.69) is 20.1 Å². The molecule has 1 aliphatic rings. The summed E-state index contributed by atoms with van der Waals surface area (Å²) >= 11 is 0. The van der Waals surface area contributed by atoms with Crippen LogP contribution in [0.15, 0.2) is 58.8 Å². The number of nitrogens with zero attached hydrogens (tertiary/aromatic N) is 4. The molecule has 0 unspecified atom stereocenters. The molecule has 1 saturated heterocycles. The van der Waals surface area contributed by atoms with Crippen molar-refractivity contribution in [3.05, 3.63) is 59.7 Å². The number of oxime groups is 2. The zero-order valence-corrected chi connectivity index (χ0v) is 22.5. The van der Waals surface area contributed by atoms with Crippen molar-refractivity contribution in [1.29, 1.82) is 0 Å². The van der Waals surface area contributed by atoms with Crippen LogP contribution >= 0.6 is 12.4 Å². The second kappa shape index (κ2) is 16.5. The summed E-state index contributed by atoms with van der Waals surface area (Å²) in [7, 11) is 2.95. The first-order valence-electron chi connectivity index (χ1n) is 12.2. The van der Waals surface area contributed by atoms with Crippen molar-refractivity contribution in [1.82, 2.24) is 9.80 Å². The molecule has 0 bridgehead atoms. The second-order valence-electron chi connectivity index (χ2n) is 8.45. The molecule has 1 fully saturated rings. The lowest BCUT2D eigenvalue weighted by Gasteiger charge is -2.34. The second-order valence-corrected chi connectivity index (χ2v) is 8.45. The summed E-state index contributed by atoms with van der Waals surface area (Å²) in [6.07, 6.45) is 1.98. The summed E-state index contributed by atoms with van der Waals surface area (Å²) in [4.78, 5) is 14.4. The molecule has 204 valence electrons. The van der Waals surface area contributed by atoms with E-state index >= 15 is 0 Å². The molecule has 0 spiro atoms. The number of hydrogen-bond donors (Lipinski definition) is 2. The normalized spacial score (nSPS) is 15.1. The van der Waals surface area contributed by atoms with Gasteiger partial charge in [-0.25, -0.2) is 0 Å². The third-order valence-electron chi connectivity index (χ3n) is 5.92. The Morgan fingerprint density at radius 2 is 1.03 bits per heavy atom. The SMILES string of the molecule is CO/N=C(\N)c1ccc(OCCCN2CCN(CCCOc3ccc(/C(N)=N\OC)cc3)CC2)cc1.Cl. The molecule has 0 amide bonds. The molecule has 4 N–H and O–H groups in total. The lowest BCUT2D eigenvalue weighted by Crippen LogP contribution is -2.47. The van der Waals surface area contributed by atoms with E-state index in [1.807, 2.05) is 48.5 Å². The van der Waals surface area contributed by atoms with Crippen LogP contribution in [0.2, 0.25) is 0 Å². The van der Waals surface area contributed by atoms with Crippen LogP contribution in [0, 0.1) is 0 Å². The van der Waals surface area contributed by atoms with Crippen LogP contribution in [0.1, 0.15) is 24.0 Å². The summed E-state index contributed by atoms with van der Waals surface area (Å²) in [5.41, 5.74) is 13.2. The number of benzene rings is 2. The maximum atomic E-state index is 5.86. The minimum absolute atomic E-state index is 0. The largest absolute Gasteiger partial charge is 0.494 e. The molecule has 1 heterocycles. The number of ether oxygens (including phenoxy) is 2. The molecular formula is C26H39ClN6O4. The van der Waals surface area contributed by atoms with Crippen LogP contribution in [0.4, 0.5) is 0 Å². The third-order valence-corrected chi connectivity index (χ3v) is 5.92. The van der Waals surface area contributed by atoms with E-state index in [9.17, 15) is 0 Å². The van der Waals surface area contributed by atoms with Crippen molar-refractivity contribution in [2.24, 2.45) is 21.8 Å². The van der Waals surface area contributed by atoms with Gasteiger partial charge in [-0.1, -0.05) is 10.3 Å². The van der Waals surface area contributed by atoms with Crippen LogP contribution in [0.3, 0.4) is 0 Å². The van der Waals surface area contributed by atoms with Crippen molar-refractivity contribution in [2.45, 2.75) is 12.8 Å². The molecule has 2 aromatic rings. The Balaban J connectivity index is 0.00000481. The Kier molecular flexibility index (Phi) is 13.4. The fraction of sp³-hybridized carbons (Fsp3) is 0.462. The Bertz CT molecular complexity index is 885. The average molecular weight is 535 g/mol. The monoisotopic (exact) mass is 534 g/mol. The smallest absolute Gasteiger partial charge is 0.170 e. The first-order valence-corrected chi connectivity index (χ1v) is 12.2. The number of rotatable bonds is 14. The van der Waals surface area contributed by atoms with Crippen LogP contribution in [0.25, 0.3) is 0 Å². The van der Waals surface area contributed by atoms with E-state index in [4.69, 9.17) is 30.6 Å². The maximum Gasteiger partial charge on any atom is 0.170 e. The van der Waals surface area contributed by atoms with Gasteiger partial charge in [0.1, 0.15) is 25.7 Å². The molecular weight excluding hydrogens is 496 g/mol. The lowest BCUT2D eigenvalue weighted by atomic mass is 10.2. The van der Waals surface area contributed by atoms with Crippen molar-refractivity contribution in [2.75, 3.05) is 66.7 Å². The highest BCUT2D eigenvalue weighted by Crippen LogP contribution is 2.14. The molecule has 0 saturated carbocycles. The van der Waals surface area contributed by atoms with Gasteiger partial charge in [-0.15, -0.1) is 12.4 Å². The van der Waals surface area contributed by atoms with Gasteiger partial charge in [-0.2, -0.15) is 0 Å². The van der Waals surface area contributed by atoms with Crippen molar-refractivity contribution in [3.63, 3.8) is 0 Å². The van der Waals surface area contributed by atoms with Crippen LogP contribution in [-0.2, 0) is 9.68 Å². The van der Waals surface area contributed by atoms with E-state index < -0.39 is 0 Å². The quantitative estimate of drug-likeness (QED) is 0.164. The van der Waals surface area contributed by atoms with Gasteiger partial charge in [0.05, 0.1) is 13.2 Å². The topological polar surface area (TPSA) is 120 Å². The number of hydrogen-bond acceptors (Lipinski definition) is 8. The Morgan fingerprint density at radius 3 is 1.35 bits per heavy atom. The number of piperazine rings is 1. The average Bonchev–Trinajstić information content (AvgIpc) is 2.91. The zero-order chi connectivity index (χ0) is 25.6. The van der Waals surface area contributed by atoms with Gasteiger partial charge in [-0.05, 0) is 61.4 Å². The molecule has 11 heteroatoms. The molecule has 2 aromatic carbocycles. The molecule has 3 rings (SSSR count). The van der Waals surface area contributed by atoms with Crippen LogP contribution in [-0.4, -0.2) is 88.2 Å². The first kappa shape index (κ1) is 30.0. The Morgan fingerprint density at radius 1 is 0.676 bits per heavy atom. The summed E-state index contributed by atoms with van der Waals surface area (Å²) < 4.78 is 11.7. The third kappa shape index (κ3) is 10.4. The number of amidine groups is 2. The van der Waals surface area contributed by atoms with Crippen LogP contribution in [0.5, 0.6) is 11.5 Å². The van der Waals surface area contributed by atoms with Crippen LogP contribution < -0.4 is 20.9 Å². The van der Waals surface area contributed by atoms with Gasteiger partial charge in [0, 0.05) is 50.4 Å². The van der Waals surface area contributed by atoms with E-state index in [1.54, 1.807) is 0 Å². The van der Waals surface area contributed by atoms with Gasteiger partial charge in [-0.3, -0.25) is 0 Å². The van der Waals surface area contributed by atoms with Gasteiger partial charge < -0.3 is 40.4 Å². The highest BCUT2D eigenvalue weighted by atomic mass is 35.5. The highest BCUT2D eigenvalue weighted by molar-refractivity contribution is 5.97. The fourth-order valence-corrected chi connectivity index (χ4v) is 3.94. The van der Waals surface area contributed by atoms with Crippen molar-refractivity contribution in [3.8, 4) is 11.5 Å². The van der Waals surface area contributed by atoms with E-state index in [0.29, 0.717) is 24.9 Å². The summed E-state index contributed by atoms with van der Waals surface area (Å²) in [6, 6.07) is 15.1. The summed E-state index contributed by atoms with van der Waals surface area (Å²) in [5.74, 6) is 2.36. The fourth-order valence-electron chi connectivity index (χ4n) is 3.94.